The largest absolute Gasteiger partial charge is 0.371 e. The molecular formula is C48H54FN11O5. The number of nitrogens with one attached hydrogen (secondary N) is 3. The Bertz CT molecular complexity index is 2640. The number of benzene rings is 3. The second-order valence-electron chi connectivity index (χ2n) is 18.0. The fourth-order valence-corrected chi connectivity index (χ4v) is 8.65. The van der Waals surface area contributed by atoms with Crippen LogP contribution in [0.2, 0.25) is 0 Å². The molecule has 0 radical (unpaired) electrons. The molecule has 2 saturated heterocycles. The van der Waals surface area contributed by atoms with Gasteiger partial charge in [-0.2, -0.15) is 5.10 Å². The van der Waals surface area contributed by atoms with Gasteiger partial charge in [-0.3, -0.25) is 43.8 Å². The molecule has 338 valence electrons. The molecule has 2 aromatic heterocycles. The van der Waals surface area contributed by atoms with Crippen molar-refractivity contribution in [1.82, 2.24) is 34.9 Å². The van der Waals surface area contributed by atoms with Crippen LogP contribution in [0.5, 0.6) is 0 Å². The lowest BCUT2D eigenvalue weighted by Crippen LogP contribution is -2.49. The molecule has 5 aromatic rings. The van der Waals surface area contributed by atoms with Gasteiger partial charge in [0.05, 0.1) is 34.1 Å². The molecule has 0 bridgehead atoms. The van der Waals surface area contributed by atoms with Crippen LogP contribution in [0.1, 0.15) is 84.1 Å². The van der Waals surface area contributed by atoms with Crippen LogP contribution in [0.25, 0.3) is 11.3 Å². The maximum absolute atomic E-state index is 15.0. The van der Waals surface area contributed by atoms with Gasteiger partial charge in [-0.05, 0) is 120 Å². The predicted molar refractivity (Wildman–Crippen MR) is 246 cm³/mol. The summed E-state index contributed by atoms with van der Waals surface area (Å²) >= 11 is 0. The monoisotopic (exact) mass is 883 g/mol. The number of imide groups is 2. The van der Waals surface area contributed by atoms with Gasteiger partial charge < -0.3 is 20.4 Å². The number of hydrogen-bond donors (Lipinski definition) is 3. The number of rotatable bonds is 11. The quantitative estimate of drug-likeness (QED) is 0.128. The molecule has 3 aromatic carbocycles. The summed E-state index contributed by atoms with van der Waals surface area (Å²) in [5.41, 5.74) is 5.47. The van der Waals surface area contributed by atoms with Crippen molar-refractivity contribution in [2.75, 3.05) is 66.2 Å². The maximum Gasteiger partial charge on any atom is 0.262 e. The first-order valence-electron chi connectivity index (χ1n) is 21.9. The van der Waals surface area contributed by atoms with Gasteiger partial charge in [-0.1, -0.05) is 0 Å². The highest BCUT2D eigenvalue weighted by Crippen LogP contribution is 2.33. The summed E-state index contributed by atoms with van der Waals surface area (Å²) in [6.07, 6.45) is 6.80. The Morgan fingerprint density at radius 1 is 0.846 bits per heavy atom. The molecule has 65 heavy (non-hydrogen) atoms. The molecule has 0 saturated carbocycles. The minimum atomic E-state index is -1.11. The average Bonchev–Trinajstić information content (AvgIpc) is 3.89. The topological polar surface area (TPSA) is 178 Å². The van der Waals surface area contributed by atoms with Gasteiger partial charge in [0.2, 0.25) is 17.8 Å². The highest BCUT2D eigenvalue weighted by molar-refractivity contribution is 6.23. The SMILES string of the molecule is CC(=O)NC(=O)C(C)N1C(=O)c2ccc(N3CCC(CN4CCN(c5ccc(Nc6nccc(-c7cc(F)cc(NC(=O)c8cnn(C(C)(C)C)c8)c7C)n6)cc5)CC4)CC3)cc2C1=O. The summed E-state index contributed by atoms with van der Waals surface area (Å²) < 4.78 is 16.7. The Morgan fingerprint density at radius 3 is 2.20 bits per heavy atom. The highest BCUT2D eigenvalue weighted by atomic mass is 19.1. The molecule has 8 rings (SSSR count). The van der Waals surface area contributed by atoms with Crippen molar-refractivity contribution in [2.45, 2.75) is 66.0 Å². The van der Waals surface area contributed by atoms with E-state index < -0.39 is 35.5 Å². The van der Waals surface area contributed by atoms with Crippen molar-refractivity contribution in [3.05, 3.63) is 107 Å². The summed E-state index contributed by atoms with van der Waals surface area (Å²) in [5, 5.41) is 12.6. The number of carbonyl (C=O) groups is 5. The van der Waals surface area contributed by atoms with E-state index in [4.69, 9.17) is 4.98 Å². The Balaban J connectivity index is 0.811. The lowest BCUT2D eigenvalue weighted by Gasteiger charge is -2.40. The minimum absolute atomic E-state index is 0.264. The highest BCUT2D eigenvalue weighted by Gasteiger charge is 2.41. The van der Waals surface area contributed by atoms with E-state index in [1.165, 1.54) is 32.2 Å². The van der Waals surface area contributed by atoms with Crippen LogP contribution in [0, 0.1) is 18.7 Å². The van der Waals surface area contributed by atoms with Gasteiger partial charge in [0.1, 0.15) is 11.9 Å². The van der Waals surface area contributed by atoms with Crippen LogP contribution in [0.4, 0.5) is 33.1 Å². The molecule has 0 aliphatic carbocycles. The number of fused-ring (bicyclic) bond motifs is 1. The Kier molecular flexibility index (Phi) is 12.5. The fourth-order valence-electron chi connectivity index (χ4n) is 8.65. The number of halogens is 1. The van der Waals surface area contributed by atoms with E-state index in [1.807, 2.05) is 45.9 Å². The molecule has 3 N–H and O–H groups in total. The van der Waals surface area contributed by atoms with Crippen molar-refractivity contribution in [1.29, 1.82) is 0 Å². The van der Waals surface area contributed by atoms with Crippen LogP contribution >= 0.6 is 0 Å². The van der Waals surface area contributed by atoms with Gasteiger partial charge in [0, 0.05) is 93.4 Å². The summed E-state index contributed by atoms with van der Waals surface area (Å²) in [6.45, 7) is 16.8. The van der Waals surface area contributed by atoms with Gasteiger partial charge in [0.25, 0.3) is 17.7 Å². The first-order chi connectivity index (χ1) is 31.0. The lowest BCUT2D eigenvalue weighted by molar-refractivity contribution is -0.131. The fraction of sp³-hybridized carbons (Fsp3) is 0.375. The number of amides is 5. The molecule has 2 fully saturated rings. The van der Waals surface area contributed by atoms with Crippen molar-refractivity contribution < 1.29 is 28.4 Å². The van der Waals surface area contributed by atoms with E-state index in [0.29, 0.717) is 39.9 Å². The van der Waals surface area contributed by atoms with E-state index in [1.54, 1.807) is 35.3 Å². The first kappa shape index (κ1) is 44.6. The molecule has 3 aliphatic rings. The smallest absolute Gasteiger partial charge is 0.262 e. The molecule has 16 nitrogen and oxygen atoms in total. The van der Waals surface area contributed by atoms with Crippen LogP contribution in [0.3, 0.4) is 0 Å². The zero-order chi connectivity index (χ0) is 46.2. The van der Waals surface area contributed by atoms with Crippen LogP contribution in [-0.4, -0.2) is 111 Å². The zero-order valence-corrected chi connectivity index (χ0v) is 37.5. The maximum atomic E-state index is 15.0. The third-order valence-corrected chi connectivity index (χ3v) is 12.4. The number of piperazine rings is 1. The van der Waals surface area contributed by atoms with Gasteiger partial charge in [0.15, 0.2) is 0 Å². The molecule has 3 aliphatic heterocycles. The average molecular weight is 884 g/mol. The van der Waals surface area contributed by atoms with Gasteiger partial charge in [-0.15, -0.1) is 0 Å². The number of hydrogen-bond acceptors (Lipinski definition) is 12. The third-order valence-electron chi connectivity index (χ3n) is 12.4. The van der Waals surface area contributed by atoms with Crippen molar-refractivity contribution in [2.24, 2.45) is 5.92 Å². The molecule has 1 unspecified atom stereocenters. The van der Waals surface area contributed by atoms with E-state index in [0.717, 1.165) is 80.6 Å². The van der Waals surface area contributed by atoms with Gasteiger partial charge in [-0.25, -0.2) is 14.4 Å². The predicted octanol–water partition coefficient (Wildman–Crippen LogP) is 6.22. The van der Waals surface area contributed by atoms with Gasteiger partial charge >= 0.3 is 0 Å². The summed E-state index contributed by atoms with van der Waals surface area (Å²) in [4.78, 5) is 80.4. The molecule has 5 amide bonds. The molecule has 0 spiro atoms. The number of aromatic nitrogens is 4. The number of piperidine rings is 1. The summed E-state index contributed by atoms with van der Waals surface area (Å²) in [6, 6.07) is 16.7. The lowest BCUT2D eigenvalue weighted by atomic mass is 9.95. The van der Waals surface area contributed by atoms with Crippen molar-refractivity contribution >= 4 is 58.2 Å². The summed E-state index contributed by atoms with van der Waals surface area (Å²) in [5.74, 6) is -2.31. The van der Waals surface area contributed by atoms with Crippen molar-refractivity contribution in [3.63, 3.8) is 0 Å². The normalized spacial score (nSPS) is 16.4. The Morgan fingerprint density at radius 2 is 1.52 bits per heavy atom. The van der Waals surface area contributed by atoms with Crippen LogP contribution in [0.15, 0.2) is 79.3 Å². The van der Waals surface area contributed by atoms with Crippen molar-refractivity contribution in [3.8, 4) is 11.3 Å². The first-order valence-corrected chi connectivity index (χ1v) is 21.9. The molecular weight excluding hydrogens is 830 g/mol. The van der Waals surface area contributed by atoms with E-state index in [9.17, 15) is 28.4 Å². The van der Waals surface area contributed by atoms with Crippen LogP contribution < -0.4 is 25.8 Å². The van der Waals surface area contributed by atoms with E-state index in [2.05, 4.69) is 52.9 Å². The van der Waals surface area contributed by atoms with Crippen LogP contribution in [-0.2, 0) is 15.1 Å². The minimum Gasteiger partial charge on any atom is -0.371 e. The number of nitrogens with zero attached hydrogens (tertiary/aromatic N) is 8. The molecule has 17 heteroatoms. The number of anilines is 5. The second kappa shape index (κ2) is 18.2. The Labute approximate surface area is 377 Å². The summed E-state index contributed by atoms with van der Waals surface area (Å²) in [7, 11) is 0. The Hall–Kier alpha value is -7.01. The third kappa shape index (κ3) is 9.74. The second-order valence-corrected chi connectivity index (χ2v) is 18.0. The zero-order valence-electron chi connectivity index (χ0n) is 37.5. The standard InChI is InChI=1S/C48H54FN11O5/c1-29-39(23-34(49)24-42(29)54-44(63)33-26-51-59(28-33)48(4,5)6)41-13-16-50-47(55-41)53-35-7-9-36(10-8-35)58-21-19-56(20-22-58)27-32-14-17-57(18-15-32)37-11-12-38-40(25-37)46(65)60(45(38)64)30(2)43(62)52-31(3)61/h7-13,16,23-26,28,30,32H,14-15,17-22,27H2,1-6H3,(H,54,63)(H,50,53,55)(H,52,61,62). The molecule has 5 heterocycles. The van der Waals surface area contributed by atoms with E-state index >= 15 is 0 Å². The van der Waals surface area contributed by atoms with E-state index in [-0.39, 0.29) is 22.6 Å². The molecule has 1 atom stereocenters. The number of carbonyl (C=O) groups excluding carboxylic acids is 5.